The van der Waals surface area contributed by atoms with Gasteiger partial charge in [0, 0.05) is 30.7 Å². The summed E-state index contributed by atoms with van der Waals surface area (Å²) in [6.07, 6.45) is -2.78. The van der Waals surface area contributed by atoms with Crippen molar-refractivity contribution in [1.82, 2.24) is 20.6 Å². The summed E-state index contributed by atoms with van der Waals surface area (Å²) < 4.78 is 43.1. The number of aromatic nitrogens is 2. The third kappa shape index (κ3) is 6.59. The first kappa shape index (κ1) is 22.4. The van der Waals surface area contributed by atoms with Gasteiger partial charge in [-0.25, -0.2) is 9.97 Å². The molecule has 0 aromatic carbocycles. The van der Waals surface area contributed by atoms with E-state index in [0.717, 1.165) is 22.3 Å². The predicted octanol–water partition coefficient (Wildman–Crippen LogP) is 3.44. The van der Waals surface area contributed by atoms with Gasteiger partial charge in [0.1, 0.15) is 5.01 Å². The quantitative estimate of drug-likeness (QED) is 0.361. The smallest absolute Gasteiger partial charge is 0.434 e. The molecule has 0 aliphatic carbocycles. The van der Waals surface area contributed by atoms with Crippen LogP contribution in [0.15, 0.2) is 28.7 Å². The fourth-order valence-electron chi connectivity index (χ4n) is 1.91. The van der Waals surface area contributed by atoms with Crippen molar-refractivity contribution < 1.29 is 17.9 Å². The molecule has 0 unspecified atom stereocenters. The van der Waals surface area contributed by atoms with Crippen LogP contribution in [0.2, 0.25) is 0 Å². The molecule has 2 aromatic heterocycles. The number of thiazole rings is 1. The van der Waals surface area contributed by atoms with E-state index in [-0.39, 0.29) is 30.5 Å². The van der Waals surface area contributed by atoms with Crippen molar-refractivity contribution in [3.05, 3.63) is 40.0 Å². The van der Waals surface area contributed by atoms with Crippen LogP contribution in [0.3, 0.4) is 0 Å². The SMILES string of the molecule is CCOc1ncccc1CNC(=NC)NCc1nc(C(F)(F)F)cs1.I. The highest BCUT2D eigenvalue weighted by molar-refractivity contribution is 14.0. The van der Waals surface area contributed by atoms with Crippen molar-refractivity contribution in [3.63, 3.8) is 0 Å². The van der Waals surface area contributed by atoms with Crippen LogP contribution in [0.5, 0.6) is 5.88 Å². The number of alkyl halides is 3. The highest BCUT2D eigenvalue weighted by Gasteiger charge is 2.33. The molecule has 26 heavy (non-hydrogen) atoms. The van der Waals surface area contributed by atoms with Crippen molar-refractivity contribution >= 4 is 41.3 Å². The third-order valence-corrected chi connectivity index (χ3v) is 3.90. The Morgan fingerprint density at radius 3 is 2.65 bits per heavy atom. The van der Waals surface area contributed by atoms with Crippen LogP contribution in [0.4, 0.5) is 13.2 Å². The highest BCUT2D eigenvalue weighted by Crippen LogP contribution is 2.29. The van der Waals surface area contributed by atoms with Gasteiger partial charge in [-0.1, -0.05) is 6.07 Å². The number of nitrogens with one attached hydrogen (secondary N) is 2. The van der Waals surface area contributed by atoms with E-state index in [4.69, 9.17) is 4.74 Å². The Morgan fingerprint density at radius 1 is 1.31 bits per heavy atom. The number of hydrogen-bond acceptors (Lipinski definition) is 5. The van der Waals surface area contributed by atoms with E-state index in [1.807, 2.05) is 13.0 Å². The maximum Gasteiger partial charge on any atom is 0.434 e. The Labute approximate surface area is 170 Å². The maximum atomic E-state index is 12.5. The summed E-state index contributed by atoms with van der Waals surface area (Å²) in [5.74, 6) is 0.970. The zero-order valence-corrected chi connectivity index (χ0v) is 17.3. The van der Waals surface area contributed by atoms with Gasteiger partial charge in [-0.3, -0.25) is 4.99 Å². The highest BCUT2D eigenvalue weighted by atomic mass is 127. The molecule has 0 fully saturated rings. The second-order valence-electron chi connectivity index (χ2n) is 4.80. The molecule has 0 aliphatic heterocycles. The van der Waals surface area contributed by atoms with E-state index in [0.29, 0.717) is 30.0 Å². The van der Waals surface area contributed by atoms with Gasteiger partial charge in [-0.15, -0.1) is 35.3 Å². The normalized spacial score (nSPS) is 11.7. The fourth-order valence-corrected chi connectivity index (χ4v) is 2.65. The minimum absolute atomic E-state index is 0. The van der Waals surface area contributed by atoms with Gasteiger partial charge in [0.2, 0.25) is 5.88 Å². The zero-order valence-electron chi connectivity index (χ0n) is 14.1. The number of ether oxygens (including phenoxy) is 1. The Balaban J connectivity index is 0.00000338. The van der Waals surface area contributed by atoms with Gasteiger partial charge in [0.25, 0.3) is 0 Å². The van der Waals surface area contributed by atoms with Gasteiger partial charge in [-0.2, -0.15) is 13.2 Å². The van der Waals surface area contributed by atoms with Crippen molar-refractivity contribution in [2.45, 2.75) is 26.2 Å². The lowest BCUT2D eigenvalue weighted by atomic mass is 10.2. The van der Waals surface area contributed by atoms with E-state index in [2.05, 4.69) is 25.6 Å². The van der Waals surface area contributed by atoms with Crippen molar-refractivity contribution in [2.75, 3.05) is 13.7 Å². The number of pyridine rings is 1. The number of nitrogens with zero attached hydrogens (tertiary/aromatic N) is 3. The first-order valence-electron chi connectivity index (χ1n) is 7.46. The van der Waals surface area contributed by atoms with E-state index in [1.165, 1.54) is 0 Å². The minimum atomic E-state index is -4.43. The summed E-state index contributed by atoms with van der Waals surface area (Å²) in [7, 11) is 1.57. The Bertz CT molecular complexity index is 723. The first-order chi connectivity index (χ1) is 11.9. The molecule has 0 amide bonds. The fraction of sp³-hybridized carbons (Fsp3) is 0.400. The standard InChI is InChI=1S/C15H18F3N5OS.HI/c1-3-24-13-10(5-4-6-20-13)7-21-14(19-2)22-8-12-23-11(9-25-12)15(16,17)18;/h4-6,9H,3,7-8H2,1-2H3,(H2,19,21,22);1H. The van der Waals surface area contributed by atoms with Crippen LogP contribution >= 0.6 is 35.3 Å². The van der Waals surface area contributed by atoms with Crippen LogP contribution < -0.4 is 15.4 Å². The molecule has 11 heteroatoms. The molecule has 0 saturated carbocycles. The van der Waals surface area contributed by atoms with Gasteiger partial charge in [-0.05, 0) is 13.0 Å². The van der Waals surface area contributed by atoms with Crippen LogP contribution in [0, 0.1) is 0 Å². The molecular formula is C15H19F3IN5OS. The number of halogens is 4. The number of rotatable bonds is 6. The summed E-state index contributed by atoms with van der Waals surface area (Å²) in [4.78, 5) is 11.8. The lowest BCUT2D eigenvalue weighted by Gasteiger charge is -2.13. The summed E-state index contributed by atoms with van der Waals surface area (Å²) in [5, 5.41) is 7.32. The lowest BCUT2D eigenvalue weighted by Crippen LogP contribution is -2.36. The molecule has 6 nitrogen and oxygen atoms in total. The van der Waals surface area contributed by atoms with E-state index >= 15 is 0 Å². The van der Waals surface area contributed by atoms with Gasteiger partial charge >= 0.3 is 6.18 Å². The van der Waals surface area contributed by atoms with E-state index in [9.17, 15) is 13.2 Å². The van der Waals surface area contributed by atoms with E-state index < -0.39 is 11.9 Å². The zero-order chi connectivity index (χ0) is 18.3. The lowest BCUT2D eigenvalue weighted by molar-refractivity contribution is -0.140. The third-order valence-electron chi connectivity index (χ3n) is 3.05. The Kier molecular flexibility index (Phi) is 9.05. The summed E-state index contributed by atoms with van der Waals surface area (Å²) in [6.45, 7) is 2.93. The molecule has 2 rings (SSSR count). The molecule has 0 atom stereocenters. The van der Waals surface area contributed by atoms with Crippen LogP contribution in [0.1, 0.15) is 23.2 Å². The van der Waals surface area contributed by atoms with Crippen molar-refractivity contribution in [1.29, 1.82) is 0 Å². The second kappa shape index (κ2) is 10.5. The molecule has 0 radical (unpaired) electrons. The average Bonchev–Trinajstić information content (AvgIpc) is 3.06. The molecule has 0 spiro atoms. The van der Waals surface area contributed by atoms with Gasteiger partial charge < -0.3 is 15.4 Å². The number of guanidine groups is 1. The Morgan fingerprint density at radius 2 is 2.04 bits per heavy atom. The van der Waals surface area contributed by atoms with Crippen LogP contribution in [0.25, 0.3) is 0 Å². The second-order valence-corrected chi connectivity index (χ2v) is 5.75. The predicted molar refractivity (Wildman–Crippen MR) is 105 cm³/mol. The molecule has 2 N–H and O–H groups in total. The molecule has 0 aliphatic rings. The molecule has 0 saturated heterocycles. The first-order valence-corrected chi connectivity index (χ1v) is 8.34. The molecule has 2 heterocycles. The molecular weight excluding hydrogens is 482 g/mol. The average molecular weight is 501 g/mol. The minimum Gasteiger partial charge on any atom is -0.478 e. The molecule has 2 aromatic rings. The molecule has 144 valence electrons. The summed E-state index contributed by atoms with van der Waals surface area (Å²) in [5.41, 5.74) is -0.0325. The van der Waals surface area contributed by atoms with Crippen LogP contribution in [-0.2, 0) is 19.3 Å². The van der Waals surface area contributed by atoms with Crippen LogP contribution in [-0.4, -0.2) is 29.6 Å². The summed E-state index contributed by atoms with van der Waals surface area (Å²) >= 11 is 0.946. The molecule has 0 bridgehead atoms. The van der Waals surface area contributed by atoms with Gasteiger partial charge in [0.05, 0.1) is 13.2 Å². The number of aliphatic imine (C=N–C) groups is 1. The van der Waals surface area contributed by atoms with Gasteiger partial charge in [0.15, 0.2) is 11.7 Å². The monoisotopic (exact) mass is 501 g/mol. The summed E-state index contributed by atoms with van der Waals surface area (Å²) in [6, 6.07) is 3.67. The Hall–Kier alpha value is -1.63. The maximum absolute atomic E-state index is 12.5. The van der Waals surface area contributed by atoms with Crippen molar-refractivity contribution in [3.8, 4) is 5.88 Å². The van der Waals surface area contributed by atoms with Crippen molar-refractivity contribution in [2.24, 2.45) is 4.99 Å². The topological polar surface area (TPSA) is 71.4 Å². The largest absolute Gasteiger partial charge is 0.478 e. The number of hydrogen-bond donors (Lipinski definition) is 2. The van der Waals surface area contributed by atoms with E-state index in [1.54, 1.807) is 19.3 Å².